The van der Waals surface area contributed by atoms with Gasteiger partial charge in [0.1, 0.15) is 11.6 Å². The summed E-state index contributed by atoms with van der Waals surface area (Å²) in [5.74, 6) is -0.876. The molecule has 2 nitrogen and oxygen atoms in total. The van der Waals surface area contributed by atoms with Gasteiger partial charge in [-0.3, -0.25) is 4.79 Å². The lowest BCUT2D eigenvalue weighted by atomic mass is 10.1. The number of carbonyl (C=O) groups excluding carboxylic acids is 1. The third kappa shape index (κ3) is 4.11. The summed E-state index contributed by atoms with van der Waals surface area (Å²) in [6.45, 7) is 0. The van der Waals surface area contributed by atoms with Gasteiger partial charge in [0, 0.05) is 11.8 Å². The van der Waals surface area contributed by atoms with Gasteiger partial charge in [-0.25, -0.2) is 8.78 Å². The van der Waals surface area contributed by atoms with Gasteiger partial charge in [0.05, 0.1) is 11.4 Å². The molecule has 0 bridgehead atoms. The molecule has 3 aromatic rings. The van der Waals surface area contributed by atoms with Crippen LogP contribution in [0, 0.1) is 11.6 Å². The molecule has 0 aliphatic carbocycles. The van der Waals surface area contributed by atoms with Crippen molar-refractivity contribution in [1.29, 1.82) is 0 Å². The van der Waals surface area contributed by atoms with E-state index in [1.54, 1.807) is 0 Å². The lowest BCUT2D eigenvalue weighted by molar-refractivity contribution is -0.113. The first kappa shape index (κ1) is 16.5. The number of halogens is 2. The predicted molar refractivity (Wildman–Crippen MR) is 95.1 cm³/mol. The van der Waals surface area contributed by atoms with Gasteiger partial charge in [-0.2, -0.15) is 0 Å². The van der Waals surface area contributed by atoms with Crippen molar-refractivity contribution in [1.82, 2.24) is 0 Å². The highest BCUT2D eigenvalue weighted by atomic mass is 32.2. The Labute approximate surface area is 142 Å². The minimum Gasteiger partial charge on any atom is -0.323 e. The lowest BCUT2D eigenvalue weighted by Crippen LogP contribution is -2.15. The van der Waals surface area contributed by atoms with Gasteiger partial charge in [-0.05, 0) is 28.5 Å². The highest BCUT2D eigenvalue weighted by molar-refractivity contribution is 7.99. The summed E-state index contributed by atoms with van der Waals surface area (Å²) in [7, 11) is 0. The van der Waals surface area contributed by atoms with Gasteiger partial charge in [0.15, 0.2) is 0 Å². The van der Waals surface area contributed by atoms with Gasteiger partial charge in [-0.15, -0.1) is 11.8 Å². The number of nitrogens with one attached hydrogen (secondary N) is 1. The summed E-state index contributed by atoms with van der Waals surface area (Å²) >= 11 is 1.44. The molecule has 0 aromatic heterocycles. The Kier molecular flexibility index (Phi) is 5.11. The molecule has 1 N–H and O–H groups in total. The number of benzene rings is 3. The first-order valence-corrected chi connectivity index (χ1v) is 8.57. The molecule has 3 rings (SSSR count). The maximum Gasteiger partial charge on any atom is 0.234 e. The Morgan fingerprint density at radius 3 is 2.54 bits per heavy atom. The van der Waals surface area contributed by atoms with Gasteiger partial charge >= 0.3 is 0 Å². The molecule has 3 aromatic carbocycles. The number of hydrogen-bond acceptors (Lipinski definition) is 2. The molecule has 0 aliphatic heterocycles. The van der Waals surface area contributed by atoms with E-state index in [1.165, 1.54) is 23.2 Å². The monoisotopic (exact) mass is 343 g/mol. The first-order chi connectivity index (χ1) is 11.6. The molecule has 0 atom stereocenters. The van der Waals surface area contributed by atoms with Crippen molar-refractivity contribution >= 4 is 34.1 Å². The summed E-state index contributed by atoms with van der Waals surface area (Å²) < 4.78 is 26.3. The SMILES string of the molecule is O=C(CSCc1ccc2ccccc2c1)Nc1ccc(F)cc1F. The maximum atomic E-state index is 13.5. The number of fused-ring (bicyclic) bond motifs is 1. The fourth-order valence-corrected chi connectivity index (χ4v) is 3.14. The van der Waals surface area contributed by atoms with Gasteiger partial charge in [0.2, 0.25) is 5.91 Å². The van der Waals surface area contributed by atoms with Gasteiger partial charge in [-0.1, -0.05) is 42.5 Å². The minimum atomic E-state index is -0.775. The number of rotatable bonds is 5. The van der Waals surface area contributed by atoms with E-state index in [2.05, 4.69) is 23.5 Å². The van der Waals surface area contributed by atoms with Crippen LogP contribution in [0.5, 0.6) is 0 Å². The molecule has 0 unspecified atom stereocenters. The summed E-state index contributed by atoms with van der Waals surface area (Å²) in [5, 5.41) is 4.79. The fraction of sp³-hybridized carbons (Fsp3) is 0.105. The van der Waals surface area contributed by atoms with Crippen LogP contribution < -0.4 is 5.32 Å². The van der Waals surface area contributed by atoms with E-state index in [1.807, 2.05) is 24.3 Å². The van der Waals surface area contributed by atoms with Crippen LogP contribution >= 0.6 is 11.8 Å². The zero-order valence-corrected chi connectivity index (χ0v) is 13.6. The zero-order chi connectivity index (χ0) is 16.9. The van der Waals surface area contributed by atoms with Crippen molar-refractivity contribution < 1.29 is 13.6 Å². The Bertz CT molecular complexity index is 882. The van der Waals surface area contributed by atoms with Crippen molar-refractivity contribution in [2.24, 2.45) is 0 Å². The molecule has 0 saturated carbocycles. The largest absolute Gasteiger partial charge is 0.323 e. The van der Waals surface area contributed by atoms with Gasteiger partial charge < -0.3 is 5.32 Å². The number of carbonyl (C=O) groups is 1. The third-order valence-corrected chi connectivity index (χ3v) is 4.52. The Morgan fingerprint density at radius 2 is 1.75 bits per heavy atom. The molecule has 0 radical (unpaired) electrons. The molecule has 24 heavy (non-hydrogen) atoms. The molecule has 0 fully saturated rings. The van der Waals surface area contributed by atoms with E-state index in [0.717, 1.165) is 23.1 Å². The van der Waals surface area contributed by atoms with E-state index in [-0.39, 0.29) is 17.3 Å². The second-order valence-corrected chi connectivity index (χ2v) is 6.33. The molecule has 5 heteroatoms. The Balaban J connectivity index is 1.54. The van der Waals surface area contributed by atoms with Crippen LogP contribution in [-0.2, 0) is 10.5 Å². The normalized spacial score (nSPS) is 10.8. The summed E-state index contributed by atoms with van der Waals surface area (Å²) in [6, 6.07) is 17.4. The molecule has 0 aliphatic rings. The van der Waals surface area contributed by atoms with E-state index in [9.17, 15) is 13.6 Å². The average molecular weight is 343 g/mol. The van der Waals surface area contributed by atoms with E-state index < -0.39 is 11.6 Å². The van der Waals surface area contributed by atoms with E-state index in [0.29, 0.717) is 5.75 Å². The quantitative estimate of drug-likeness (QED) is 0.707. The number of hydrogen-bond donors (Lipinski definition) is 1. The van der Waals surface area contributed by atoms with Crippen LogP contribution in [0.3, 0.4) is 0 Å². The molecule has 0 heterocycles. The Morgan fingerprint density at radius 1 is 0.958 bits per heavy atom. The van der Waals surface area contributed by atoms with Crippen molar-refractivity contribution in [3.05, 3.63) is 77.9 Å². The highest BCUT2D eigenvalue weighted by Gasteiger charge is 2.08. The van der Waals surface area contributed by atoms with Crippen LogP contribution in [0.4, 0.5) is 14.5 Å². The smallest absolute Gasteiger partial charge is 0.234 e. The summed E-state index contributed by atoms with van der Waals surface area (Å²) in [5.41, 5.74) is 1.12. The van der Waals surface area contributed by atoms with E-state index >= 15 is 0 Å². The number of anilines is 1. The van der Waals surface area contributed by atoms with Gasteiger partial charge in [0.25, 0.3) is 0 Å². The third-order valence-electron chi connectivity index (χ3n) is 3.52. The highest BCUT2D eigenvalue weighted by Crippen LogP contribution is 2.20. The molecule has 0 spiro atoms. The molecular formula is C19H15F2NOS. The second-order valence-electron chi connectivity index (χ2n) is 5.35. The lowest BCUT2D eigenvalue weighted by Gasteiger charge is -2.07. The van der Waals surface area contributed by atoms with Crippen LogP contribution in [0.15, 0.2) is 60.7 Å². The predicted octanol–water partition coefficient (Wildman–Crippen LogP) is 4.99. The van der Waals surface area contributed by atoms with Crippen LogP contribution in [0.25, 0.3) is 10.8 Å². The topological polar surface area (TPSA) is 29.1 Å². The molecule has 122 valence electrons. The van der Waals surface area contributed by atoms with Crippen molar-refractivity contribution in [2.45, 2.75) is 5.75 Å². The van der Waals surface area contributed by atoms with E-state index in [4.69, 9.17) is 0 Å². The van der Waals surface area contributed by atoms with Crippen molar-refractivity contribution in [2.75, 3.05) is 11.1 Å². The van der Waals surface area contributed by atoms with Crippen LogP contribution in [-0.4, -0.2) is 11.7 Å². The molecular weight excluding hydrogens is 328 g/mol. The second kappa shape index (κ2) is 7.45. The summed E-state index contributed by atoms with van der Waals surface area (Å²) in [6.07, 6.45) is 0. The maximum absolute atomic E-state index is 13.5. The van der Waals surface area contributed by atoms with Crippen LogP contribution in [0.1, 0.15) is 5.56 Å². The summed E-state index contributed by atoms with van der Waals surface area (Å²) in [4.78, 5) is 11.9. The first-order valence-electron chi connectivity index (χ1n) is 7.42. The minimum absolute atomic E-state index is 0.00675. The fourth-order valence-electron chi connectivity index (χ4n) is 2.37. The number of thioether (sulfide) groups is 1. The number of amides is 1. The Hall–Kier alpha value is -2.40. The van der Waals surface area contributed by atoms with Crippen molar-refractivity contribution in [3.8, 4) is 0 Å². The van der Waals surface area contributed by atoms with Crippen molar-refractivity contribution in [3.63, 3.8) is 0 Å². The molecule has 1 amide bonds. The molecule has 0 saturated heterocycles. The van der Waals surface area contributed by atoms with Crippen LogP contribution in [0.2, 0.25) is 0 Å². The average Bonchev–Trinajstić information content (AvgIpc) is 2.57. The zero-order valence-electron chi connectivity index (χ0n) is 12.8. The standard InChI is InChI=1S/C19H15F2NOS/c20-16-7-8-18(17(21)10-16)22-19(23)12-24-11-13-5-6-14-3-1-2-4-15(14)9-13/h1-10H,11-12H2,(H,22,23).